The van der Waals surface area contributed by atoms with Gasteiger partial charge in [-0.25, -0.2) is 18.6 Å². The first-order valence-corrected chi connectivity index (χ1v) is 4.60. The summed E-state index contributed by atoms with van der Waals surface area (Å²) in [5.74, 6) is -1.50. The van der Waals surface area contributed by atoms with Gasteiger partial charge in [-0.15, -0.1) is 0 Å². The van der Waals surface area contributed by atoms with Crippen molar-refractivity contribution in [2.75, 3.05) is 13.7 Å². The molecule has 0 aromatic carbocycles. The molecule has 1 aromatic heterocycles. The van der Waals surface area contributed by atoms with Crippen molar-refractivity contribution in [3.63, 3.8) is 0 Å². The molecular weight excluding hydrogens is 254 g/mol. The second-order valence-corrected chi connectivity index (χ2v) is 2.97. The number of carbonyl (C=O) groups is 1. The number of ether oxygens (including phenoxy) is 2. The molecule has 0 N–H and O–H groups in total. The normalized spacial score (nSPS) is 10.2. The Morgan fingerprint density at radius 2 is 2.22 bits per heavy atom. The fraction of sp³-hybridized carbons (Fsp3) is 0.333. The quantitative estimate of drug-likeness (QED) is 0.452. The van der Waals surface area contributed by atoms with Crippen LogP contribution in [0.2, 0.25) is 0 Å². The van der Waals surface area contributed by atoms with Crippen LogP contribution < -0.4 is 4.74 Å². The molecule has 1 aromatic rings. The van der Waals surface area contributed by atoms with E-state index in [4.69, 9.17) is 0 Å². The third-order valence-corrected chi connectivity index (χ3v) is 1.78. The summed E-state index contributed by atoms with van der Waals surface area (Å²) in [6.07, 6.45) is -2.81. The first-order chi connectivity index (χ1) is 8.45. The van der Waals surface area contributed by atoms with Crippen LogP contribution in [0.3, 0.4) is 0 Å². The fourth-order valence-corrected chi connectivity index (χ4v) is 1.04. The highest BCUT2D eigenvalue weighted by molar-refractivity contribution is 5.87. The van der Waals surface area contributed by atoms with Crippen molar-refractivity contribution in [2.45, 2.75) is 6.43 Å². The highest BCUT2D eigenvalue weighted by atomic mass is 19.3. The van der Waals surface area contributed by atoms with E-state index in [9.17, 15) is 23.7 Å². The first-order valence-electron chi connectivity index (χ1n) is 4.60. The highest BCUT2D eigenvalue weighted by Crippen LogP contribution is 2.25. The molecule has 0 atom stereocenters. The molecule has 0 unspecified atom stereocenters. The van der Waals surface area contributed by atoms with Crippen LogP contribution in [0.4, 0.5) is 14.5 Å². The molecule has 18 heavy (non-hydrogen) atoms. The van der Waals surface area contributed by atoms with Crippen LogP contribution in [0, 0.1) is 10.1 Å². The predicted molar refractivity (Wildman–Crippen MR) is 53.7 cm³/mol. The van der Waals surface area contributed by atoms with Gasteiger partial charge in [0.05, 0.1) is 12.0 Å². The van der Waals surface area contributed by atoms with Gasteiger partial charge in [-0.05, 0) is 6.07 Å². The van der Waals surface area contributed by atoms with Crippen LogP contribution in [0.25, 0.3) is 0 Å². The van der Waals surface area contributed by atoms with E-state index >= 15 is 0 Å². The van der Waals surface area contributed by atoms with Crippen LogP contribution in [-0.2, 0) is 4.74 Å². The van der Waals surface area contributed by atoms with Crippen molar-refractivity contribution in [2.24, 2.45) is 0 Å². The average molecular weight is 262 g/mol. The fourth-order valence-electron chi connectivity index (χ4n) is 1.04. The number of carbonyl (C=O) groups excluding carboxylic acids is 1. The number of alkyl halides is 2. The number of nitro groups is 1. The summed E-state index contributed by atoms with van der Waals surface area (Å²) in [5.41, 5.74) is -0.879. The van der Waals surface area contributed by atoms with Gasteiger partial charge in [0.1, 0.15) is 0 Å². The Morgan fingerprint density at radius 3 is 2.72 bits per heavy atom. The molecule has 1 heterocycles. The summed E-state index contributed by atoms with van der Waals surface area (Å²) in [5, 5.41) is 10.6. The van der Waals surface area contributed by atoms with Crippen molar-refractivity contribution in [3.8, 4) is 5.88 Å². The SMILES string of the molecule is COC(=O)c1ccc([N+](=O)[O-])c(OCC(F)F)n1. The van der Waals surface area contributed by atoms with Crippen LogP contribution in [0.1, 0.15) is 10.5 Å². The molecule has 0 aliphatic carbocycles. The lowest BCUT2D eigenvalue weighted by Crippen LogP contribution is -2.12. The largest absolute Gasteiger partial charge is 0.467 e. The van der Waals surface area contributed by atoms with Crippen molar-refractivity contribution >= 4 is 11.7 Å². The van der Waals surface area contributed by atoms with Gasteiger partial charge < -0.3 is 9.47 Å². The molecule has 0 spiro atoms. The average Bonchev–Trinajstić information content (AvgIpc) is 2.34. The van der Waals surface area contributed by atoms with Crippen molar-refractivity contribution < 1.29 is 28.0 Å². The Bertz CT molecular complexity index is 466. The number of esters is 1. The van der Waals surface area contributed by atoms with Crippen LogP contribution in [0.15, 0.2) is 12.1 Å². The third-order valence-electron chi connectivity index (χ3n) is 1.78. The highest BCUT2D eigenvalue weighted by Gasteiger charge is 2.21. The van der Waals surface area contributed by atoms with E-state index in [1.165, 1.54) is 0 Å². The number of hydrogen-bond acceptors (Lipinski definition) is 6. The van der Waals surface area contributed by atoms with Gasteiger partial charge in [0.15, 0.2) is 12.3 Å². The van der Waals surface area contributed by atoms with Gasteiger partial charge >= 0.3 is 11.7 Å². The van der Waals surface area contributed by atoms with Gasteiger partial charge in [0.25, 0.3) is 12.3 Å². The van der Waals surface area contributed by atoms with E-state index in [1.807, 2.05) is 0 Å². The number of pyridine rings is 1. The van der Waals surface area contributed by atoms with Gasteiger partial charge in [-0.1, -0.05) is 0 Å². The second kappa shape index (κ2) is 5.84. The molecule has 0 aliphatic rings. The van der Waals surface area contributed by atoms with E-state index in [-0.39, 0.29) is 5.69 Å². The lowest BCUT2D eigenvalue weighted by molar-refractivity contribution is -0.386. The van der Waals surface area contributed by atoms with Gasteiger partial charge in [-0.2, -0.15) is 0 Å². The minimum Gasteiger partial charge on any atom is -0.467 e. The molecule has 98 valence electrons. The van der Waals surface area contributed by atoms with Crippen molar-refractivity contribution in [3.05, 3.63) is 27.9 Å². The van der Waals surface area contributed by atoms with Crippen molar-refractivity contribution in [1.82, 2.24) is 4.98 Å². The molecule has 0 aliphatic heterocycles. The van der Waals surface area contributed by atoms with E-state index in [0.717, 1.165) is 19.2 Å². The molecule has 9 heteroatoms. The summed E-state index contributed by atoms with van der Waals surface area (Å²) < 4.78 is 32.8. The molecule has 0 bridgehead atoms. The molecule has 0 saturated heterocycles. The molecule has 0 radical (unpaired) electrons. The van der Waals surface area contributed by atoms with E-state index < -0.39 is 35.5 Å². The first kappa shape index (κ1) is 13.7. The Morgan fingerprint density at radius 1 is 1.56 bits per heavy atom. The number of aromatic nitrogens is 1. The van der Waals surface area contributed by atoms with Crippen LogP contribution in [-0.4, -0.2) is 36.0 Å². The van der Waals surface area contributed by atoms with E-state index in [0.29, 0.717) is 0 Å². The Balaban J connectivity index is 3.07. The zero-order valence-corrected chi connectivity index (χ0v) is 9.13. The van der Waals surface area contributed by atoms with Crippen LogP contribution >= 0.6 is 0 Å². The lowest BCUT2D eigenvalue weighted by Gasteiger charge is -2.06. The molecule has 7 nitrogen and oxygen atoms in total. The molecule has 1 rings (SSSR count). The number of halogens is 2. The molecule has 0 fully saturated rings. The van der Waals surface area contributed by atoms with Gasteiger partial charge in [0.2, 0.25) is 0 Å². The second-order valence-electron chi connectivity index (χ2n) is 2.97. The standard InChI is InChI=1S/C9H8F2N2O5/c1-17-9(14)5-2-3-6(13(15)16)8(12-5)18-4-7(10)11/h2-3,7H,4H2,1H3. The smallest absolute Gasteiger partial charge is 0.356 e. The number of methoxy groups -OCH3 is 1. The Kier molecular flexibility index (Phi) is 4.46. The summed E-state index contributed by atoms with van der Waals surface area (Å²) in [6, 6.07) is 1.97. The zero-order chi connectivity index (χ0) is 13.7. The molecule has 0 saturated carbocycles. The number of nitrogens with zero attached hydrogens (tertiary/aromatic N) is 2. The third kappa shape index (κ3) is 3.34. The molecule has 0 amide bonds. The van der Waals surface area contributed by atoms with Crippen molar-refractivity contribution in [1.29, 1.82) is 0 Å². The summed E-state index contributed by atoms with van der Waals surface area (Å²) in [7, 11) is 1.09. The Labute approximate surface area is 99.5 Å². The number of rotatable bonds is 5. The summed E-state index contributed by atoms with van der Waals surface area (Å²) in [4.78, 5) is 24.3. The molecular formula is C9H8F2N2O5. The monoisotopic (exact) mass is 262 g/mol. The maximum Gasteiger partial charge on any atom is 0.356 e. The zero-order valence-electron chi connectivity index (χ0n) is 9.13. The minimum absolute atomic E-state index is 0.271. The maximum atomic E-state index is 12.0. The Hall–Kier alpha value is -2.32. The topological polar surface area (TPSA) is 91.6 Å². The van der Waals surface area contributed by atoms with Gasteiger partial charge in [0, 0.05) is 6.07 Å². The van der Waals surface area contributed by atoms with Crippen LogP contribution in [0.5, 0.6) is 5.88 Å². The number of hydrogen-bond donors (Lipinski definition) is 0. The van der Waals surface area contributed by atoms with E-state index in [2.05, 4.69) is 14.5 Å². The summed E-state index contributed by atoms with van der Waals surface area (Å²) in [6.45, 7) is -1.06. The summed E-state index contributed by atoms with van der Waals surface area (Å²) >= 11 is 0. The minimum atomic E-state index is -2.81. The van der Waals surface area contributed by atoms with Gasteiger partial charge in [-0.3, -0.25) is 10.1 Å². The lowest BCUT2D eigenvalue weighted by atomic mass is 10.3. The predicted octanol–water partition coefficient (Wildman–Crippen LogP) is 1.42. The van der Waals surface area contributed by atoms with E-state index in [1.54, 1.807) is 0 Å². The maximum absolute atomic E-state index is 12.0.